The van der Waals surface area contributed by atoms with E-state index in [-0.39, 0.29) is 17.1 Å². The fourth-order valence-electron chi connectivity index (χ4n) is 2.28. The first-order chi connectivity index (χ1) is 11.6. The van der Waals surface area contributed by atoms with Gasteiger partial charge in [0.05, 0.1) is 0 Å². The summed E-state index contributed by atoms with van der Waals surface area (Å²) in [4.78, 5) is 35.7. The Kier molecular flexibility index (Phi) is 4.24. The topological polar surface area (TPSA) is 73.6 Å². The minimum atomic E-state index is -0.802. The lowest BCUT2D eigenvalue weighted by Gasteiger charge is -2.05. The summed E-state index contributed by atoms with van der Waals surface area (Å²) in [6, 6.07) is 14.5. The van der Waals surface area contributed by atoms with Gasteiger partial charge in [0.1, 0.15) is 16.9 Å². The zero-order valence-electron chi connectivity index (χ0n) is 12.9. The number of carbonyl (C=O) groups excluding carboxylic acids is 2. The fourth-order valence-corrected chi connectivity index (χ4v) is 2.28. The number of para-hydroxylation sites is 1. The lowest BCUT2D eigenvalue weighted by atomic mass is 10.1. The summed E-state index contributed by atoms with van der Waals surface area (Å²) in [5, 5.41) is 0.632. The minimum absolute atomic E-state index is 0.00282. The van der Waals surface area contributed by atoms with Crippen LogP contribution in [0.2, 0.25) is 0 Å². The second-order valence-corrected chi connectivity index (χ2v) is 5.18. The van der Waals surface area contributed by atoms with E-state index in [0.717, 1.165) is 0 Å². The largest absolute Gasteiger partial charge is 0.423 e. The number of hydrogen-bond acceptors (Lipinski definition) is 5. The number of benzene rings is 2. The van der Waals surface area contributed by atoms with Crippen molar-refractivity contribution in [3.63, 3.8) is 0 Å². The molecule has 0 saturated carbocycles. The molecule has 2 aromatic carbocycles. The van der Waals surface area contributed by atoms with Crippen molar-refractivity contribution in [1.82, 2.24) is 0 Å². The molecule has 0 amide bonds. The van der Waals surface area contributed by atoms with Crippen molar-refractivity contribution in [2.75, 3.05) is 0 Å². The molecule has 5 heteroatoms. The number of hydrogen-bond donors (Lipinski definition) is 0. The molecule has 0 aliphatic carbocycles. The summed E-state index contributed by atoms with van der Waals surface area (Å²) in [7, 11) is 0. The number of ether oxygens (including phenoxy) is 1. The van der Waals surface area contributed by atoms with Gasteiger partial charge in [0.2, 0.25) is 0 Å². The zero-order valence-corrected chi connectivity index (χ0v) is 12.9. The van der Waals surface area contributed by atoms with E-state index in [4.69, 9.17) is 9.15 Å². The molecule has 1 aromatic heterocycles. The van der Waals surface area contributed by atoms with Crippen LogP contribution in [-0.4, -0.2) is 11.8 Å². The van der Waals surface area contributed by atoms with Gasteiger partial charge in [-0.15, -0.1) is 0 Å². The lowest BCUT2D eigenvalue weighted by Crippen LogP contribution is -2.18. The van der Waals surface area contributed by atoms with Crippen LogP contribution in [0.4, 0.5) is 0 Å². The van der Waals surface area contributed by atoms with Crippen LogP contribution in [0.3, 0.4) is 0 Å². The molecule has 0 unspecified atom stereocenters. The van der Waals surface area contributed by atoms with E-state index < -0.39 is 11.6 Å². The molecule has 0 spiro atoms. The lowest BCUT2D eigenvalue weighted by molar-refractivity contribution is 0.0730. The van der Waals surface area contributed by atoms with Crippen molar-refractivity contribution in [2.24, 2.45) is 0 Å². The molecule has 0 aliphatic rings. The predicted molar refractivity (Wildman–Crippen MR) is 88.5 cm³/mol. The molecule has 0 fully saturated rings. The number of carbonyl (C=O) groups is 2. The fraction of sp³-hybridized carbons (Fsp3) is 0.105. The first kappa shape index (κ1) is 15.7. The van der Waals surface area contributed by atoms with Crippen LogP contribution in [-0.2, 0) is 0 Å². The second kappa shape index (κ2) is 6.50. The van der Waals surface area contributed by atoms with E-state index in [2.05, 4.69) is 0 Å². The third-order valence-electron chi connectivity index (χ3n) is 3.57. The minimum Gasteiger partial charge on any atom is -0.423 e. The van der Waals surface area contributed by atoms with Gasteiger partial charge in [0.25, 0.3) is 0 Å². The second-order valence-electron chi connectivity index (χ2n) is 5.18. The van der Waals surface area contributed by atoms with E-state index in [1.165, 1.54) is 18.2 Å². The van der Waals surface area contributed by atoms with Crippen LogP contribution in [0, 0.1) is 0 Å². The van der Waals surface area contributed by atoms with Crippen molar-refractivity contribution < 1.29 is 18.7 Å². The maximum absolute atomic E-state index is 12.2. The van der Waals surface area contributed by atoms with Gasteiger partial charge in [0.15, 0.2) is 5.78 Å². The van der Waals surface area contributed by atoms with Gasteiger partial charge in [-0.25, -0.2) is 9.59 Å². The quantitative estimate of drug-likeness (QED) is 0.317. The van der Waals surface area contributed by atoms with E-state index in [9.17, 15) is 14.4 Å². The van der Waals surface area contributed by atoms with Gasteiger partial charge in [0, 0.05) is 17.4 Å². The highest BCUT2D eigenvalue weighted by atomic mass is 16.5. The van der Waals surface area contributed by atoms with Gasteiger partial charge in [-0.2, -0.15) is 0 Å². The van der Waals surface area contributed by atoms with Crippen LogP contribution in [0.25, 0.3) is 11.0 Å². The molecule has 0 radical (unpaired) electrons. The molecule has 0 aliphatic heterocycles. The molecule has 1 heterocycles. The summed E-state index contributed by atoms with van der Waals surface area (Å²) in [6.07, 6.45) is 0.400. The van der Waals surface area contributed by atoms with Crippen molar-refractivity contribution in [3.8, 4) is 5.75 Å². The smallest absolute Gasteiger partial charge is 0.351 e. The molecule has 3 rings (SSSR count). The Bertz CT molecular complexity index is 967. The molecular formula is C19H14O5. The standard InChI is InChI=1S/C19H14O5/c1-2-16(20)12-7-9-14(10-8-12)23-18(21)15-11-13-5-3-4-6-17(13)24-19(15)22/h3-11H,2H2,1H3. The molecule has 0 N–H and O–H groups in total. The Morgan fingerprint density at radius 2 is 1.75 bits per heavy atom. The number of rotatable bonds is 4. The van der Waals surface area contributed by atoms with Crippen LogP contribution < -0.4 is 10.4 Å². The normalized spacial score (nSPS) is 10.5. The summed E-state index contributed by atoms with van der Waals surface area (Å²) < 4.78 is 10.3. The predicted octanol–water partition coefficient (Wildman–Crippen LogP) is 3.60. The Labute approximate surface area is 137 Å². The van der Waals surface area contributed by atoms with Crippen molar-refractivity contribution in [3.05, 3.63) is 76.1 Å². The van der Waals surface area contributed by atoms with Crippen LogP contribution in [0.15, 0.2) is 63.8 Å². The average Bonchev–Trinajstić information content (AvgIpc) is 2.61. The Hall–Kier alpha value is -3.21. The van der Waals surface area contributed by atoms with E-state index in [1.54, 1.807) is 43.3 Å². The average molecular weight is 322 g/mol. The number of Topliss-reactive ketones (excluding diaryl/α,β-unsaturated/α-hetero) is 1. The van der Waals surface area contributed by atoms with Crippen molar-refractivity contribution >= 4 is 22.7 Å². The summed E-state index contributed by atoms with van der Waals surface area (Å²) >= 11 is 0. The third-order valence-corrected chi connectivity index (χ3v) is 3.57. The van der Waals surface area contributed by atoms with Crippen LogP contribution in [0.5, 0.6) is 5.75 Å². The summed E-state index contributed by atoms with van der Waals surface area (Å²) in [6.45, 7) is 1.77. The van der Waals surface area contributed by atoms with Gasteiger partial charge in [-0.3, -0.25) is 4.79 Å². The SMILES string of the molecule is CCC(=O)c1ccc(OC(=O)c2cc3ccccc3oc2=O)cc1. The Morgan fingerprint density at radius 3 is 2.46 bits per heavy atom. The van der Waals surface area contributed by atoms with Gasteiger partial charge in [-0.1, -0.05) is 25.1 Å². The highest BCUT2D eigenvalue weighted by molar-refractivity contribution is 5.96. The molecule has 5 nitrogen and oxygen atoms in total. The van der Waals surface area contributed by atoms with E-state index in [0.29, 0.717) is 23.0 Å². The molecule has 0 bridgehead atoms. The van der Waals surface area contributed by atoms with Crippen LogP contribution >= 0.6 is 0 Å². The highest BCUT2D eigenvalue weighted by Crippen LogP contribution is 2.17. The summed E-state index contributed by atoms with van der Waals surface area (Å²) in [5.74, 6) is -0.549. The van der Waals surface area contributed by atoms with Gasteiger partial charge >= 0.3 is 11.6 Å². The number of esters is 1. The first-order valence-electron chi connectivity index (χ1n) is 7.47. The molecule has 120 valence electrons. The van der Waals surface area contributed by atoms with Crippen molar-refractivity contribution in [1.29, 1.82) is 0 Å². The van der Waals surface area contributed by atoms with E-state index in [1.807, 2.05) is 0 Å². The molecule has 0 saturated heterocycles. The van der Waals surface area contributed by atoms with Gasteiger partial charge in [-0.05, 0) is 36.4 Å². The maximum Gasteiger partial charge on any atom is 0.351 e. The Morgan fingerprint density at radius 1 is 1.04 bits per heavy atom. The number of fused-ring (bicyclic) bond motifs is 1. The molecule has 0 atom stereocenters. The van der Waals surface area contributed by atoms with Crippen LogP contribution in [0.1, 0.15) is 34.1 Å². The summed E-state index contributed by atoms with van der Waals surface area (Å²) in [5.41, 5.74) is 0.0166. The molecule has 3 aromatic rings. The maximum atomic E-state index is 12.2. The molecule has 24 heavy (non-hydrogen) atoms. The number of ketones is 1. The zero-order chi connectivity index (χ0) is 17.1. The Balaban J connectivity index is 1.86. The first-order valence-corrected chi connectivity index (χ1v) is 7.47. The highest BCUT2D eigenvalue weighted by Gasteiger charge is 2.16. The van der Waals surface area contributed by atoms with Crippen molar-refractivity contribution in [2.45, 2.75) is 13.3 Å². The van der Waals surface area contributed by atoms with Gasteiger partial charge < -0.3 is 9.15 Å². The monoisotopic (exact) mass is 322 g/mol. The third kappa shape index (κ3) is 3.10. The molecular weight excluding hydrogens is 308 g/mol. The van der Waals surface area contributed by atoms with E-state index >= 15 is 0 Å².